The van der Waals surface area contributed by atoms with E-state index in [-0.39, 0.29) is 11.1 Å². The number of hydrogen-bond acceptors (Lipinski definition) is 4. The van der Waals surface area contributed by atoms with Gasteiger partial charge >= 0.3 is 0 Å². The molecule has 0 saturated heterocycles. The summed E-state index contributed by atoms with van der Waals surface area (Å²) in [5.41, 5.74) is 0.648. The van der Waals surface area contributed by atoms with E-state index in [4.69, 9.17) is 0 Å². The summed E-state index contributed by atoms with van der Waals surface area (Å²) in [5.74, 6) is 0. The Morgan fingerprint density at radius 3 is 1.73 bits per heavy atom. The molecule has 6 nitrogen and oxygen atoms in total. The molecule has 2 N–H and O–H groups in total. The van der Waals surface area contributed by atoms with E-state index >= 15 is 0 Å². The van der Waals surface area contributed by atoms with Gasteiger partial charge in [-0.1, -0.05) is 94.3 Å². The molecule has 0 saturated carbocycles. The van der Waals surface area contributed by atoms with Gasteiger partial charge in [0.15, 0.2) is 0 Å². The Kier molecular flexibility index (Phi) is 9.03. The van der Waals surface area contributed by atoms with Gasteiger partial charge in [0.25, 0.3) is 20.2 Å². The Balaban J connectivity index is 2.32. The van der Waals surface area contributed by atoms with Gasteiger partial charge in [0.1, 0.15) is 9.79 Å². The first-order chi connectivity index (χ1) is 14.2. The third kappa shape index (κ3) is 6.91. The minimum atomic E-state index is -4.91. The summed E-state index contributed by atoms with van der Waals surface area (Å²) < 4.78 is 68.1. The maximum Gasteiger partial charge on any atom is 0.296 e. The van der Waals surface area contributed by atoms with Crippen molar-refractivity contribution in [2.45, 2.75) is 74.5 Å². The quantitative estimate of drug-likeness (QED) is 0.322. The van der Waals surface area contributed by atoms with E-state index in [1.54, 1.807) is 30.3 Å². The molecule has 0 aliphatic rings. The van der Waals surface area contributed by atoms with Crippen LogP contribution in [0.15, 0.2) is 52.3 Å². The van der Waals surface area contributed by atoms with Crippen molar-refractivity contribution in [3.8, 4) is 11.1 Å². The molecule has 0 amide bonds. The van der Waals surface area contributed by atoms with Crippen LogP contribution in [-0.4, -0.2) is 25.9 Å². The summed E-state index contributed by atoms with van der Waals surface area (Å²) >= 11 is 0. The maximum absolute atomic E-state index is 12.1. The van der Waals surface area contributed by atoms with Crippen molar-refractivity contribution in [3.63, 3.8) is 0 Å². The van der Waals surface area contributed by atoms with Crippen LogP contribution in [0.5, 0.6) is 0 Å². The highest BCUT2D eigenvalue weighted by Crippen LogP contribution is 2.35. The van der Waals surface area contributed by atoms with Gasteiger partial charge in [-0.25, -0.2) is 0 Å². The Morgan fingerprint density at radius 2 is 1.20 bits per heavy atom. The molecule has 2 aromatic carbocycles. The lowest BCUT2D eigenvalue weighted by molar-refractivity contribution is 0.465. The molecule has 2 rings (SSSR count). The molecule has 0 atom stereocenters. The molecule has 8 heteroatoms. The second kappa shape index (κ2) is 11.0. The minimum Gasteiger partial charge on any atom is -0.282 e. The van der Waals surface area contributed by atoms with Crippen molar-refractivity contribution in [2.24, 2.45) is 0 Å². The molecule has 0 spiro atoms. The second-order valence-corrected chi connectivity index (χ2v) is 10.2. The second-order valence-electron chi connectivity index (χ2n) is 7.47. The van der Waals surface area contributed by atoms with Crippen LogP contribution >= 0.6 is 0 Å². The number of hydrogen-bond donors (Lipinski definition) is 2. The number of benzene rings is 2. The van der Waals surface area contributed by atoms with Crippen molar-refractivity contribution in [2.75, 3.05) is 0 Å². The van der Waals surface area contributed by atoms with E-state index in [2.05, 4.69) is 6.92 Å². The zero-order chi connectivity index (χ0) is 22.2. The lowest BCUT2D eigenvalue weighted by atomic mass is 10.00. The van der Waals surface area contributed by atoms with Gasteiger partial charge in [0, 0.05) is 5.56 Å². The summed E-state index contributed by atoms with van der Waals surface area (Å²) in [7, 11) is -9.78. The largest absolute Gasteiger partial charge is 0.296 e. The van der Waals surface area contributed by atoms with E-state index in [1.165, 1.54) is 37.8 Å². The standard InChI is InChI=1S/C22H30O6S2/c1-2-3-4-5-6-7-8-10-15-19-16-17-20(18-13-11-9-12-14-18)22(30(26,27)28)21(19)29(23,24)25/h9,11-14,16-17H,2-8,10,15H2,1H3,(H,23,24,25)(H,26,27,28). The Labute approximate surface area is 179 Å². The first kappa shape index (κ1) is 24.5. The predicted octanol–water partition coefficient (Wildman–Crippen LogP) is 5.53. The summed E-state index contributed by atoms with van der Waals surface area (Å²) in [5, 5.41) is 0. The van der Waals surface area contributed by atoms with Crippen LogP contribution in [-0.2, 0) is 26.7 Å². The SMILES string of the molecule is CCCCCCCCCCc1ccc(-c2ccccc2)c(S(=O)(=O)O)c1S(=O)(=O)O. The summed E-state index contributed by atoms with van der Waals surface area (Å²) in [6.45, 7) is 2.16. The van der Waals surface area contributed by atoms with Crippen LogP contribution in [0.2, 0.25) is 0 Å². The van der Waals surface area contributed by atoms with Crippen molar-refractivity contribution >= 4 is 20.2 Å². The van der Waals surface area contributed by atoms with Gasteiger partial charge < -0.3 is 0 Å². The molecule has 0 fully saturated rings. The highest BCUT2D eigenvalue weighted by Gasteiger charge is 2.30. The van der Waals surface area contributed by atoms with Gasteiger partial charge in [0.05, 0.1) is 0 Å². The van der Waals surface area contributed by atoms with Crippen molar-refractivity contribution < 1.29 is 25.9 Å². The normalized spacial score (nSPS) is 12.2. The van der Waals surface area contributed by atoms with Crippen LogP contribution in [0.4, 0.5) is 0 Å². The molecule has 0 aliphatic heterocycles. The van der Waals surface area contributed by atoms with E-state index in [0.29, 0.717) is 18.4 Å². The molecule has 0 unspecified atom stereocenters. The maximum atomic E-state index is 12.1. The fraction of sp³-hybridized carbons (Fsp3) is 0.455. The van der Waals surface area contributed by atoms with Gasteiger partial charge in [0.2, 0.25) is 0 Å². The highest BCUT2D eigenvalue weighted by molar-refractivity contribution is 7.89. The Bertz CT molecular complexity index is 1030. The summed E-state index contributed by atoms with van der Waals surface area (Å²) in [6, 6.07) is 11.3. The zero-order valence-corrected chi connectivity index (χ0v) is 18.9. The molecule has 166 valence electrons. The Morgan fingerprint density at radius 1 is 0.667 bits per heavy atom. The molecule has 2 aromatic rings. The third-order valence-corrected chi connectivity index (χ3v) is 7.15. The van der Waals surface area contributed by atoms with Crippen LogP contribution in [0.3, 0.4) is 0 Å². The minimum absolute atomic E-state index is 0.0328. The monoisotopic (exact) mass is 454 g/mol. The van der Waals surface area contributed by atoms with Crippen molar-refractivity contribution in [3.05, 3.63) is 48.0 Å². The van der Waals surface area contributed by atoms with Gasteiger partial charge in [-0.3, -0.25) is 9.11 Å². The fourth-order valence-electron chi connectivity index (χ4n) is 3.63. The first-order valence-electron chi connectivity index (χ1n) is 10.3. The molecule has 0 radical (unpaired) electrons. The molecule has 0 aromatic heterocycles. The number of aryl methyl sites for hydroxylation is 1. The molecule has 0 heterocycles. The first-order valence-corrected chi connectivity index (χ1v) is 13.2. The molecule has 30 heavy (non-hydrogen) atoms. The lowest BCUT2D eigenvalue weighted by Crippen LogP contribution is -2.13. The third-order valence-electron chi connectivity index (χ3n) is 5.09. The number of rotatable bonds is 12. The Hall–Kier alpha value is -1.74. The average molecular weight is 455 g/mol. The fourth-order valence-corrected chi connectivity index (χ4v) is 5.94. The van der Waals surface area contributed by atoms with Crippen LogP contribution < -0.4 is 0 Å². The average Bonchev–Trinajstić information content (AvgIpc) is 2.68. The van der Waals surface area contributed by atoms with Crippen molar-refractivity contribution in [1.82, 2.24) is 0 Å². The number of unbranched alkanes of at least 4 members (excludes halogenated alkanes) is 7. The van der Waals surface area contributed by atoms with Gasteiger partial charge in [-0.05, 0) is 24.0 Å². The molecule has 0 aliphatic carbocycles. The zero-order valence-electron chi connectivity index (χ0n) is 17.2. The predicted molar refractivity (Wildman–Crippen MR) is 118 cm³/mol. The molecular weight excluding hydrogens is 424 g/mol. The van der Waals surface area contributed by atoms with E-state index in [9.17, 15) is 25.9 Å². The lowest BCUT2D eigenvalue weighted by Gasteiger charge is -2.15. The van der Waals surface area contributed by atoms with E-state index in [0.717, 1.165) is 19.3 Å². The highest BCUT2D eigenvalue weighted by atomic mass is 32.2. The molecule has 0 bridgehead atoms. The van der Waals surface area contributed by atoms with Crippen molar-refractivity contribution in [1.29, 1.82) is 0 Å². The summed E-state index contributed by atoms with van der Waals surface area (Å²) in [4.78, 5) is -1.50. The van der Waals surface area contributed by atoms with Gasteiger partial charge in [-0.15, -0.1) is 0 Å². The van der Waals surface area contributed by atoms with E-state index < -0.39 is 30.0 Å². The van der Waals surface area contributed by atoms with Crippen LogP contribution in [0, 0.1) is 0 Å². The van der Waals surface area contributed by atoms with Crippen LogP contribution in [0.1, 0.15) is 63.9 Å². The van der Waals surface area contributed by atoms with Gasteiger partial charge in [-0.2, -0.15) is 16.8 Å². The molecular formula is C22H30O6S2. The smallest absolute Gasteiger partial charge is 0.282 e. The summed E-state index contributed by atoms with van der Waals surface area (Å²) in [6.07, 6.45) is 8.74. The van der Waals surface area contributed by atoms with E-state index in [1.807, 2.05) is 0 Å². The topological polar surface area (TPSA) is 109 Å². The van der Waals surface area contributed by atoms with Crippen LogP contribution in [0.25, 0.3) is 11.1 Å².